The molecule has 1 unspecified atom stereocenters. The Balaban J connectivity index is 2.16. The van der Waals surface area contributed by atoms with E-state index in [2.05, 4.69) is 42.8 Å². The maximum absolute atomic E-state index is 13.3. The first-order chi connectivity index (χ1) is 10.2. The van der Waals surface area contributed by atoms with Crippen molar-refractivity contribution in [2.75, 3.05) is 12.8 Å². The minimum atomic E-state index is -0.167. The molecule has 0 saturated heterocycles. The van der Waals surface area contributed by atoms with Gasteiger partial charge >= 0.3 is 0 Å². The topological polar surface area (TPSA) is 12.0 Å². The smallest absolute Gasteiger partial charge is 0.123 e. The van der Waals surface area contributed by atoms with Gasteiger partial charge in [0.25, 0.3) is 0 Å². The normalized spacial score (nSPS) is 12.3. The summed E-state index contributed by atoms with van der Waals surface area (Å²) in [6.07, 6.45) is 3.97. The van der Waals surface area contributed by atoms with Crippen LogP contribution in [0.1, 0.15) is 30.5 Å². The second kappa shape index (κ2) is 8.20. The molecule has 0 aliphatic heterocycles. The Morgan fingerprint density at radius 1 is 1.14 bits per heavy atom. The Hall–Kier alpha value is -1.32. The van der Waals surface area contributed by atoms with Crippen molar-refractivity contribution in [3.63, 3.8) is 0 Å². The summed E-state index contributed by atoms with van der Waals surface area (Å²) in [6, 6.07) is 15.7. The van der Waals surface area contributed by atoms with Crippen LogP contribution in [-0.4, -0.2) is 12.8 Å². The first-order valence-corrected chi connectivity index (χ1v) is 8.57. The largest absolute Gasteiger partial charge is 0.310 e. The molecule has 112 valence electrons. The molecule has 2 aromatic carbocycles. The summed E-state index contributed by atoms with van der Waals surface area (Å²) in [4.78, 5) is 1.26. The second-order valence-corrected chi connectivity index (χ2v) is 5.99. The summed E-state index contributed by atoms with van der Waals surface area (Å²) in [5.41, 5.74) is 2.28. The highest BCUT2D eigenvalue weighted by atomic mass is 32.2. The number of benzene rings is 2. The van der Waals surface area contributed by atoms with Crippen molar-refractivity contribution in [3.8, 4) is 0 Å². The van der Waals surface area contributed by atoms with E-state index in [1.54, 1.807) is 23.9 Å². The SMILES string of the molecule is CCCNC(Cc1cccc(F)c1)c1ccc(SC)cc1. The van der Waals surface area contributed by atoms with E-state index in [1.807, 2.05) is 6.07 Å². The number of hydrogen-bond donors (Lipinski definition) is 1. The first kappa shape index (κ1) is 16.1. The molecule has 1 atom stereocenters. The van der Waals surface area contributed by atoms with Crippen LogP contribution < -0.4 is 5.32 Å². The third kappa shape index (κ3) is 4.87. The van der Waals surface area contributed by atoms with E-state index in [1.165, 1.54) is 16.5 Å². The molecule has 0 aliphatic rings. The van der Waals surface area contributed by atoms with E-state index in [0.29, 0.717) is 0 Å². The van der Waals surface area contributed by atoms with Crippen LogP contribution in [0.25, 0.3) is 0 Å². The molecule has 0 amide bonds. The van der Waals surface area contributed by atoms with Crippen molar-refractivity contribution in [2.45, 2.75) is 30.7 Å². The molecule has 3 heteroatoms. The van der Waals surface area contributed by atoms with Gasteiger partial charge in [0, 0.05) is 10.9 Å². The zero-order valence-corrected chi connectivity index (χ0v) is 13.4. The van der Waals surface area contributed by atoms with Gasteiger partial charge in [0.1, 0.15) is 5.82 Å². The van der Waals surface area contributed by atoms with Gasteiger partial charge in [-0.05, 0) is 61.0 Å². The average molecular weight is 303 g/mol. The quantitative estimate of drug-likeness (QED) is 0.735. The average Bonchev–Trinajstić information content (AvgIpc) is 2.51. The maximum Gasteiger partial charge on any atom is 0.123 e. The molecule has 0 fully saturated rings. The van der Waals surface area contributed by atoms with Crippen molar-refractivity contribution in [1.82, 2.24) is 5.32 Å². The Morgan fingerprint density at radius 3 is 2.52 bits per heavy atom. The molecule has 0 saturated carbocycles. The summed E-state index contributed by atoms with van der Waals surface area (Å²) in [5, 5.41) is 3.56. The zero-order chi connectivity index (χ0) is 15.1. The molecular formula is C18H22FNS. The Morgan fingerprint density at radius 2 is 1.90 bits per heavy atom. The Kier molecular flexibility index (Phi) is 6.27. The number of halogens is 1. The molecular weight excluding hydrogens is 281 g/mol. The molecule has 0 radical (unpaired) electrons. The molecule has 1 nitrogen and oxygen atoms in total. The van der Waals surface area contributed by atoms with E-state index >= 15 is 0 Å². The minimum absolute atomic E-state index is 0.167. The predicted molar refractivity (Wildman–Crippen MR) is 89.4 cm³/mol. The number of nitrogens with one attached hydrogen (secondary N) is 1. The molecule has 0 heterocycles. The summed E-state index contributed by atoms with van der Waals surface area (Å²) >= 11 is 1.74. The predicted octanol–water partition coefficient (Wildman–Crippen LogP) is 4.83. The van der Waals surface area contributed by atoms with Crippen molar-refractivity contribution in [2.24, 2.45) is 0 Å². The van der Waals surface area contributed by atoms with E-state index < -0.39 is 0 Å². The standard InChI is InChI=1S/C18H22FNS/c1-3-11-20-18(13-14-5-4-6-16(19)12-14)15-7-9-17(21-2)10-8-15/h4-10,12,18,20H,3,11,13H2,1-2H3. The zero-order valence-electron chi connectivity index (χ0n) is 12.6. The van der Waals surface area contributed by atoms with E-state index in [9.17, 15) is 4.39 Å². The number of rotatable bonds is 7. The summed E-state index contributed by atoms with van der Waals surface area (Å²) in [7, 11) is 0. The molecule has 2 rings (SSSR count). The van der Waals surface area contributed by atoms with Crippen LogP contribution in [0, 0.1) is 5.82 Å². The van der Waals surface area contributed by atoms with Crippen LogP contribution in [-0.2, 0) is 6.42 Å². The number of hydrogen-bond acceptors (Lipinski definition) is 2. The highest BCUT2D eigenvalue weighted by Crippen LogP contribution is 2.22. The van der Waals surface area contributed by atoms with Crippen LogP contribution in [0.3, 0.4) is 0 Å². The Bertz CT molecular complexity index is 553. The van der Waals surface area contributed by atoms with E-state index in [-0.39, 0.29) is 11.9 Å². The van der Waals surface area contributed by atoms with Gasteiger partial charge in [-0.2, -0.15) is 0 Å². The molecule has 0 aromatic heterocycles. The third-order valence-electron chi connectivity index (χ3n) is 3.49. The van der Waals surface area contributed by atoms with Gasteiger partial charge in [-0.3, -0.25) is 0 Å². The molecule has 1 N–H and O–H groups in total. The lowest BCUT2D eigenvalue weighted by molar-refractivity contribution is 0.527. The van der Waals surface area contributed by atoms with Gasteiger partial charge < -0.3 is 5.32 Å². The lowest BCUT2D eigenvalue weighted by Crippen LogP contribution is -2.24. The molecule has 2 aromatic rings. The van der Waals surface area contributed by atoms with E-state index in [4.69, 9.17) is 0 Å². The fourth-order valence-corrected chi connectivity index (χ4v) is 2.77. The maximum atomic E-state index is 13.3. The first-order valence-electron chi connectivity index (χ1n) is 7.34. The summed E-state index contributed by atoms with van der Waals surface area (Å²) in [5.74, 6) is -0.167. The molecule has 21 heavy (non-hydrogen) atoms. The van der Waals surface area contributed by atoms with Gasteiger partial charge in [-0.1, -0.05) is 31.2 Å². The van der Waals surface area contributed by atoms with Crippen molar-refractivity contribution in [1.29, 1.82) is 0 Å². The van der Waals surface area contributed by atoms with Crippen LogP contribution >= 0.6 is 11.8 Å². The second-order valence-electron chi connectivity index (χ2n) is 5.11. The van der Waals surface area contributed by atoms with Crippen LogP contribution in [0.4, 0.5) is 4.39 Å². The number of thioether (sulfide) groups is 1. The minimum Gasteiger partial charge on any atom is -0.310 e. The highest BCUT2D eigenvalue weighted by Gasteiger charge is 2.12. The van der Waals surface area contributed by atoms with Gasteiger partial charge in [0.2, 0.25) is 0 Å². The lowest BCUT2D eigenvalue weighted by atomic mass is 9.98. The highest BCUT2D eigenvalue weighted by molar-refractivity contribution is 7.98. The summed E-state index contributed by atoms with van der Waals surface area (Å²) in [6.45, 7) is 3.12. The van der Waals surface area contributed by atoms with Crippen molar-refractivity contribution < 1.29 is 4.39 Å². The fraction of sp³-hybridized carbons (Fsp3) is 0.333. The van der Waals surface area contributed by atoms with E-state index in [0.717, 1.165) is 24.9 Å². The lowest BCUT2D eigenvalue weighted by Gasteiger charge is -2.19. The summed E-state index contributed by atoms with van der Waals surface area (Å²) < 4.78 is 13.3. The Labute approximate surface area is 131 Å². The van der Waals surface area contributed by atoms with Gasteiger partial charge in [-0.15, -0.1) is 11.8 Å². The molecule has 0 bridgehead atoms. The molecule has 0 aliphatic carbocycles. The van der Waals surface area contributed by atoms with Crippen molar-refractivity contribution in [3.05, 3.63) is 65.5 Å². The van der Waals surface area contributed by atoms with Gasteiger partial charge in [-0.25, -0.2) is 4.39 Å². The monoisotopic (exact) mass is 303 g/mol. The fourth-order valence-electron chi connectivity index (χ4n) is 2.36. The van der Waals surface area contributed by atoms with Gasteiger partial charge in [0.05, 0.1) is 0 Å². The van der Waals surface area contributed by atoms with Crippen LogP contribution in [0.5, 0.6) is 0 Å². The third-order valence-corrected chi connectivity index (χ3v) is 4.23. The van der Waals surface area contributed by atoms with Gasteiger partial charge in [0.15, 0.2) is 0 Å². The molecule has 0 spiro atoms. The van der Waals surface area contributed by atoms with Crippen LogP contribution in [0.2, 0.25) is 0 Å². The van der Waals surface area contributed by atoms with Crippen molar-refractivity contribution >= 4 is 11.8 Å². The van der Waals surface area contributed by atoms with Crippen LogP contribution in [0.15, 0.2) is 53.4 Å².